The smallest absolute Gasteiger partial charge is 0.418 e. The number of rotatable bonds is 3. The largest absolute Gasteiger partial charge is 0.449 e. The molecule has 7 heteroatoms. The van der Waals surface area contributed by atoms with E-state index in [1.54, 1.807) is 48.7 Å². The fourth-order valence-corrected chi connectivity index (χ4v) is 2.95. The van der Waals surface area contributed by atoms with Crippen molar-refractivity contribution in [1.29, 1.82) is 0 Å². The molecule has 118 valence electrons. The molecule has 0 bridgehead atoms. The molecule has 0 fully saturated rings. The molecular formula is C16H14N2O4S. The predicted octanol–water partition coefficient (Wildman–Crippen LogP) is 3.12. The lowest BCUT2D eigenvalue weighted by Gasteiger charge is -2.31. The molecule has 0 aliphatic carbocycles. The Morgan fingerprint density at radius 1 is 1.30 bits per heavy atom. The molecule has 1 aliphatic rings. The van der Waals surface area contributed by atoms with Crippen LogP contribution in [0.1, 0.15) is 28.4 Å². The number of ketones is 1. The highest BCUT2D eigenvalue weighted by Gasteiger charge is 2.38. The van der Waals surface area contributed by atoms with Gasteiger partial charge in [-0.15, -0.1) is 11.3 Å². The topological polar surface area (TPSA) is 79.2 Å². The summed E-state index contributed by atoms with van der Waals surface area (Å²) in [5.74, 6) is -0.571. The summed E-state index contributed by atoms with van der Waals surface area (Å²) in [4.78, 5) is 30.5. The van der Waals surface area contributed by atoms with Crippen LogP contribution in [0.4, 0.5) is 10.5 Å². The van der Waals surface area contributed by atoms with E-state index in [4.69, 9.17) is 4.74 Å². The zero-order valence-electron chi connectivity index (χ0n) is 12.3. The van der Waals surface area contributed by atoms with Gasteiger partial charge in [-0.05, 0) is 24.4 Å². The summed E-state index contributed by atoms with van der Waals surface area (Å²) in [6, 6.07) is 10.2. The van der Waals surface area contributed by atoms with Gasteiger partial charge in [-0.3, -0.25) is 4.79 Å². The lowest BCUT2D eigenvalue weighted by atomic mass is 10.1. The van der Waals surface area contributed by atoms with Gasteiger partial charge in [0, 0.05) is 5.56 Å². The Kier molecular flexibility index (Phi) is 4.22. The summed E-state index contributed by atoms with van der Waals surface area (Å²) in [6.45, 7) is 1.78. The summed E-state index contributed by atoms with van der Waals surface area (Å²) in [5.41, 5.74) is 0.906. The average Bonchev–Trinajstić information content (AvgIpc) is 3.08. The predicted molar refractivity (Wildman–Crippen MR) is 86.0 cm³/mol. The maximum atomic E-state index is 12.7. The molecule has 3 rings (SSSR count). The second-order valence-corrected chi connectivity index (χ2v) is 5.69. The van der Waals surface area contributed by atoms with E-state index in [1.165, 1.54) is 11.3 Å². The minimum Gasteiger partial charge on any atom is -0.449 e. The lowest BCUT2D eigenvalue weighted by Crippen LogP contribution is -2.45. The van der Waals surface area contributed by atoms with Crippen LogP contribution in [0.15, 0.2) is 46.8 Å². The second kappa shape index (κ2) is 6.31. The van der Waals surface area contributed by atoms with Crippen molar-refractivity contribution in [3.8, 4) is 0 Å². The molecule has 1 amide bonds. The van der Waals surface area contributed by atoms with E-state index in [1.807, 2.05) is 0 Å². The summed E-state index contributed by atoms with van der Waals surface area (Å²) >= 11 is 1.24. The third-order valence-electron chi connectivity index (χ3n) is 3.33. The van der Waals surface area contributed by atoms with Crippen molar-refractivity contribution in [2.24, 2.45) is 4.99 Å². The van der Waals surface area contributed by atoms with Crippen LogP contribution in [0.25, 0.3) is 0 Å². The quantitative estimate of drug-likeness (QED) is 0.877. The number of aliphatic hydroxyl groups excluding tert-OH is 1. The number of thiophene rings is 1. The number of amidine groups is 1. The third kappa shape index (κ3) is 2.76. The molecule has 1 N–H and O–H groups in total. The zero-order chi connectivity index (χ0) is 16.4. The van der Waals surface area contributed by atoms with Gasteiger partial charge in [0.15, 0.2) is 12.1 Å². The number of hydrogen-bond donors (Lipinski definition) is 1. The Hall–Kier alpha value is -2.51. The van der Waals surface area contributed by atoms with Crippen LogP contribution in [0, 0.1) is 0 Å². The van der Waals surface area contributed by atoms with Crippen LogP contribution in [0.5, 0.6) is 0 Å². The number of Topliss-reactive ketones (excluding diaryl/α,β-unsaturated/α-hetero) is 1. The van der Waals surface area contributed by atoms with Crippen LogP contribution in [-0.4, -0.2) is 34.3 Å². The molecule has 0 spiro atoms. The molecule has 1 aromatic carbocycles. The lowest BCUT2D eigenvalue weighted by molar-refractivity contribution is 0.0348. The van der Waals surface area contributed by atoms with Gasteiger partial charge in [0.25, 0.3) is 0 Å². The highest BCUT2D eigenvalue weighted by Crippen LogP contribution is 2.34. The van der Waals surface area contributed by atoms with Crippen molar-refractivity contribution < 1.29 is 19.4 Å². The molecule has 1 unspecified atom stereocenters. The summed E-state index contributed by atoms with van der Waals surface area (Å²) in [6.07, 6.45) is -2.13. The maximum Gasteiger partial charge on any atom is 0.418 e. The molecule has 1 atom stereocenters. The van der Waals surface area contributed by atoms with E-state index >= 15 is 0 Å². The van der Waals surface area contributed by atoms with Gasteiger partial charge in [-0.25, -0.2) is 14.7 Å². The highest BCUT2D eigenvalue weighted by molar-refractivity contribution is 7.13. The molecule has 2 aromatic rings. The van der Waals surface area contributed by atoms with Crippen molar-refractivity contribution in [2.75, 3.05) is 6.61 Å². The monoisotopic (exact) mass is 330 g/mol. The SMILES string of the molecule is CCOC(=O)N1C(C(=O)c2cccs2)=Nc2ccccc2C1O. The van der Waals surface area contributed by atoms with Gasteiger partial charge < -0.3 is 9.84 Å². The molecule has 2 heterocycles. The molecule has 1 aromatic heterocycles. The number of amides is 1. The maximum absolute atomic E-state index is 12.7. The van der Waals surface area contributed by atoms with Gasteiger partial charge in [-0.1, -0.05) is 24.3 Å². The minimum atomic E-state index is -1.32. The first kappa shape index (κ1) is 15.4. The van der Waals surface area contributed by atoms with E-state index in [2.05, 4.69) is 4.99 Å². The minimum absolute atomic E-state index is 0.129. The van der Waals surface area contributed by atoms with E-state index in [0.29, 0.717) is 16.1 Å². The number of benzene rings is 1. The van der Waals surface area contributed by atoms with Crippen molar-refractivity contribution in [1.82, 2.24) is 4.90 Å². The summed E-state index contributed by atoms with van der Waals surface area (Å²) in [7, 11) is 0. The Balaban J connectivity index is 2.09. The standard InChI is InChI=1S/C16H14N2O4S/c1-2-22-16(21)18-14(13(19)12-8-5-9-23-12)17-11-7-4-3-6-10(11)15(18)20/h3-9,15,20H,2H2,1H3. The third-order valence-corrected chi connectivity index (χ3v) is 4.20. The summed E-state index contributed by atoms with van der Waals surface area (Å²) in [5, 5.41) is 12.3. The van der Waals surface area contributed by atoms with E-state index < -0.39 is 18.1 Å². The van der Waals surface area contributed by atoms with Crippen LogP contribution >= 0.6 is 11.3 Å². The molecule has 0 saturated heterocycles. The first-order valence-electron chi connectivity index (χ1n) is 7.03. The number of carbonyl (C=O) groups is 2. The number of aliphatic imine (C=N–C) groups is 1. The van der Waals surface area contributed by atoms with Gasteiger partial charge in [0.05, 0.1) is 17.2 Å². The van der Waals surface area contributed by atoms with E-state index in [0.717, 1.165) is 4.90 Å². The van der Waals surface area contributed by atoms with Gasteiger partial charge in [0.1, 0.15) is 0 Å². The first-order valence-corrected chi connectivity index (χ1v) is 7.91. The van der Waals surface area contributed by atoms with Crippen molar-refractivity contribution in [3.05, 3.63) is 52.2 Å². The number of fused-ring (bicyclic) bond motifs is 1. The van der Waals surface area contributed by atoms with Crippen LogP contribution in [-0.2, 0) is 4.74 Å². The second-order valence-electron chi connectivity index (χ2n) is 4.74. The Morgan fingerprint density at radius 2 is 2.09 bits per heavy atom. The number of carbonyl (C=O) groups excluding carboxylic acids is 2. The van der Waals surface area contributed by atoms with Gasteiger partial charge >= 0.3 is 6.09 Å². The number of aliphatic hydroxyl groups is 1. The number of ether oxygens (including phenoxy) is 1. The molecule has 0 saturated carbocycles. The van der Waals surface area contributed by atoms with Crippen LogP contribution in [0.2, 0.25) is 0 Å². The van der Waals surface area contributed by atoms with E-state index in [-0.39, 0.29) is 12.4 Å². The number of nitrogens with zero attached hydrogens (tertiary/aromatic N) is 2. The molecular weight excluding hydrogens is 316 g/mol. The van der Waals surface area contributed by atoms with E-state index in [9.17, 15) is 14.7 Å². The van der Waals surface area contributed by atoms with Gasteiger partial charge in [0.2, 0.25) is 5.78 Å². The first-order chi connectivity index (χ1) is 11.1. The Morgan fingerprint density at radius 3 is 2.78 bits per heavy atom. The van der Waals surface area contributed by atoms with Crippen molar-refractivity contribution in [3.63, 3.8) is 0 Å². The van der Waals surface area contributed by atoms with Crippen LogP contribution < -0.4 is 0 Å². The van der Waals surface area contributed by atoms with Crippen molar-refractivity contribution in [2.45, 2.75) is 13.2 Å². The zero-order valence-corrected chi connectivity index (χ0v) is 13.1. The molecule has 23 heavy (non-hydrogen) atoms. The van der Waals surface area contributed by atoms with Crippen LogP contribution in [0.3, 0.4) is 0 Å². The molecule has 0 radical (unpaired) electrons. The fraction of sp³-hybridized carbons (Fsp3) is 0.188. The Labute approximate surface area is 136 Å². The fourth-order valence-electron chi connectivity index (χ4n) is 2.29. The average molecular weight is 330 g/mol. The normalized spacial score (nSPS) is 16.5. The van der Waals surface area contributed by atoms with Crippen molar-refractivity contribution >= 4 is 34.7 Å². The summed E-state index contributed by atoms with van der Waals surface area (Å²) < 4.78 is 4.96. The highest BCUT2D eigenvalue weighted by atomic mass is 32.1. The Bertz CT molecular complexity index is 770. The molecule has 1 aliphatic heterocycles. The molecule has 6 nitrogen and oxygen atoms in total. The number of para-hydroxylation sites is 1. The number of hydrogen-bond acceptors (Lipinski definition) is 6. The van der Waals surface area contributed by atoms with Gasteiger partial charge in [-0.2, -0.15) is 0 Å².